The van der Waals surface area contributed by atoms with E-state index in [0.717, 1.165) is 25.3 Å². The number of aromatic carboxylic acids is 1. The van der Waals surface area contributed by atoms with Crippen molar-refractivity contribution >= 4 is 11.9 Å². The van der Waals surface area contributed by atoms with Crippen LogP contribution in [0.1, 0.15) is 60.1 Å². The molecular weight excluding hydrogens is 248 g/mol. The molecule has 0 radical (unpaired) electrons. The molecule has 1 aliphatic carbocycles. The molecule has 104 valence electrons. The van der Waals surface area contributed by atoms with Gasteiger partial charge < -0.3 is 14.9 Å². The summed E-state index contributed by atoms with van der Waals surface area (Å²) in [5, 5.41) is 15.1. The molecule has 1 aromatic rings. The molecule has 1 saturated carbocycles. The van der Waals surface area contributed by atoms with E-state index in [2.05, 4.69) is 21.9 Å². The average molecular weight is 266 g/mol. The third-order valence-electron chi connectivity index (χ3n) is 3.63. The highest BCUT2D eigenvalue weighted by molar-refractivity contribution is 5.94. The van der Waals surface area contributed by atoms with Crippen molar-refractivity contribution in [3.63, 3.8) is 0 Å². The summed E-state index contributed by atoms with van der Waals surface area (Å²) >= 11 is 0. The van der Waals surface area contributed by atoms with E-state index in [4.69, 9.17) is 5.11 Å². The van der Waals surface area contributed by atoms with Gasteiger partial charge in [-0.2, -0.15) is 0 Å². The van der Waals surface area contributed by atoms with Gasteiger partial charge in [0.2, 0.25) is 5.76 Å². The Labute approximate surface area is 111 Å². The lowest BCUT2D eigenvalue weighted by molar-refractivity contribution is 0.0651. The molecule has 0 aliphatic heterocycles. The lowest BCUT2D eigenvalue weighted by Gasteiger charge is -2.22. The van der Waals surface area contributed by atoms with Crippen LogP contribution in [-0.4, -0.2) is 28.2 Å². The number of hydrogen-bond acceptors (Lipinski definition) is 4. The number of nitrogens with one attached hydrogen (secondary N) is 1. The fraction of sp³-hybridized carbons (Fsp3) is 0.615. The molecule has 2 rings (SSSR count). The van der Waals surface area contributed by atoms with Crippen molar-refractivity contribution in [2.45, 2.75) is 45.1 Å². The van der Waals surface area contributed by atoms with Gasteiger partial charge in [0.1, 0.15) is 0 Å². The number of carboxylic acids is 1. The van der Waals surface area contributed by atoms with Crippen molar-refractivity contribution in [1.29, 1.82) is 0 Å². The highest BCUT2D eigenvalue weighted by atomic mass is 16.5. The van der Waals surface area contributed by atoms with Gasteiger partial charge in [-0.1, -0.05) is 31.3 Å². The van der Waals surface area contributed by atoms with Crippen LogP contribution in [0.15, 0.2) is 10.6 Å². The summed E-state index contributed by atoms with van der Waals surface area (Å²) in [6.45, 7) is 2.13. The second-order valence-corrected chi connectivity index (χ2v) is 5.08. The third-order valence-corrected chi connectivity index (χ3v) is 3.63. The number of nitrogens with zero attached hydrogens (tertiary/aromatic N) is 1. The van der Waals surface area contributed by atoms with E-state index in [-0.39, 0.29) is 23.4 Å². The van der Waals surface area contributed by atoms with Crippen LogP contribution in [0.4, 0.5) is 0 Å². The molecule has 0 aromatic carbocycles. The minimum Gasteiger partial charge on any atom is -0.475 e. The maximum absolute atomic E-state index is 12.0. The van der Waals surface area contributed by atoms with Crippen LogP contribution in [-0.2, 0) is 0 Å². The number of amides is 1. The van der Waals surface area contributed by atoms with Crippen LogP contribution in [0.5, 0.6) is 0 Å². The Morgan fingerprint density at radius 1 is 1.37 bits per heavy atom. The SMILES string of the molecule is CC1CCCCCC1NC(=O)c1cc(C(=O)O)on1. The van der Waals surface area contributed by atoms with Crippen molar-refractivity contribution in [2.24, 2.45) is 5.92 Å². The fourth-order valence-electron chi connectivity index (χ4n) is 2.43. The zero-order chi connectivity index (χ0) is 13.8. The molecule has 1 amide bonds. The van der Waals surface area contributed by atoms with Crippen LogP contribution >= 0.6 is 0 Å². The zero-order valence-electron chi connectivity index (χ0n) is 10.9. The summed E-state index contributed by atoms with van der Waals surface area (Å²) in [6, 6.07) is 1.28. The van der Waals surface area contributed by atoms with Gasteiger partial charge in [0, 0.05) is 12.1 Å². The molecule has 1 aromatic heterocycles. The van der Waals surface area contributed by atoms with E-state index in [1.807, 2.05) is 0 Å². The summed E-state index contributed by atoms with van der Waals surface area (Å²) in [4.78, 5) is 22.6. The summed E-state index contributed by atoms with van der Waals surface area (Å²) in [6.07, 6.45) is 5.56. The number of aromatic nitrogens is 1. The molecule has 2 unspecified atom stereocenters. The predicted octanol–water partition coefficient (Wildman–Crippen LogP) is 2.07. The number of hydrogen-bond donors (Lipinski definition) is 2. The van der Waals surface area contributed by atoms with Gasteiger partial charge in [0.15, 0.2) is 5.69 Å². The summed E-state index contributed by atoms with van der Waals surface area (Å²) in [5.74, 6) is -1.49. The van der Waals surface area contributed by atoms with Crippen LogP contribution < -0.4 is 5.32 Å². The number of carbonyl (C=O) groups is 2. The molecule has 19 heavy (non-hydrogen) atoms. The topological polar surface area (TPSA) is 92.4 Å². The smallest absolute Gasteiger partial charge is 0.374 e. The molecule has 6 heteroatoms. The average Bonchev–Trinajstić information content (AvgIpc) is 2.78. The van der Waals surface area contributed by atoms with Crippen molar-refractivity contribution < 1.29 is 19.2 Å². The third kappa shape index (κ3) is 3.33. The Hall–Kier alpha value is -1.85. The molecule has 1 aliphatic rings. The minimum atomic E-state index is -1.23. The Morgan fingerprint density at radius 3 is 2.79 bits per heavy atom. The maximum Gasteiger partial charge on any atom is 0.374 e. The Bertz CT molecular complexity index is 469. The van der Waals surface area contributed by atoms with Gasteiger partial charge in [-0.25, -0.2) is 4.79 Å². The largest absolute Gasteiger partial charge is 0.475 e. The maximum atomic E-state index is 12.0. The van der Waals surface area contributed by atoms with Gasteiger partial charge >= 0.3 is 5.97 Å². The van der Waals surface area contributed by atoms with E-state index >= 15 is 0 Å². The van der Waals surface area contributed by atoms with E-state index in [0.29, 0.717) is 5.92 Å². The second-order valence-electron chi connectivity index (χ2n) is 5.08. The van der Waals surface area contributed by atoms with Gasteiger partial charge in [-0.05, 0) is 18.8 Å². The van der Waals surface area contributed by atoms with Crippen molar-refractivity contribution in [3.8, 4) is 0 Å². The van der Waals surface area contributed by atoms with Gasteiger partial charge in [0.05, 0.1) is 0 Å². The highest BCUT2D eigenvalue weighted by Crippen LogP contribution is 2.23. The summed E-state index contributed by atoms with van der Waals surface area (Å²) in [5.41, 5.74) is 0.0221. The van der Waals surface area contributed by atoms with Crippen LogP contribution in [0.2, 0.25) is 0 Å². The lowest BCUT2D eigenvalue weighted by atomic mass is 9.97. The summed E-state index contributed by atoms with van der Waals surface area (Å²) < 4.78 is 4.58. The van der Waals surface area contributed by atoms with Gasteiger partial charge in [-0.3, -0.25) is 4.79 Å². The molecule has 2 atom stereocenters. The fourth-order valence-corrected chi connectivity index (χ4v) is 2.43. The Kier molecular flexibility index (Phi) is 4.19. The van der Waals surface area contributed by atoms with Crippen LogP contribution in [0, 0.1) is 5.92 Å². The Morgan fingerprint density at radius 2 is 2.11 bits per heavy atom. The lowest BCUT2D eigenvalue weighted by Crippen LogP contribution is -2.39. The Balaban J connectivity index is 2.00. The first-order chi connectivity index (χ1) is 9.08. The number of carboxylic acid groups (broad SMARTS) is 1. The van der Waals surface area contributed by atoms with Crippen molar-refractivity contribution in [2.75, 3.05) is 0 Å². The number of carbonyl (C=O) groups excluding carboxylic acids is 1. The predicted molar refractivity (Wildman–Crippen MR) is 67.0 cm³/mol. The van der Waals surface area contributed by atoms with E-state index in [1.165, 1.54) is 12.8 Å². The quantitative estimate of drug-likeness (QED) is 0.817. The molecule has 6 nitrogen and oxygen atoms in total. The van der Waals surface area contributed by atoms with E-state index < -0.39 is 5.97 Å². The normalized spacial score (nSPS) is 23.6. The first kappa shape index (κ1) is 13.6. The van der Waals surface area contributed by atoms with Gasteiger partial charge in [0.25, 0.3) is 5.91 Å². The first-order valence-electron chi connectivity index (χ1n) is 6.59. The molecular formula is C13H18N2O4. The first-order valence-corrected chi connectivity index (χ1v) is 6.59. The minimum absolute atomic E-state index is 0.0221. The van der Waals surface area contributed by atoms with Crippen molar-refractivity contribution in [1.82, 2.24) is 10.5 Å². The molecule has 0 spiro atoms. The second kappa shape index (κ2) is 5.86. The van der Waals surface area contributed by atoms with Crippen molar-refractivity contribution in [3.05, 3.63) is 17.5 Å². The molecule has 0 saturated heterocycles. The molecule has 1 fully saturated rings. The van der Waals surface area contributed by atoms with Crippen LogP contribution in [0.25, 0.3) is 0 Å². The van der Waals surface area contributed by atoms with E-state index in [1.54, 1.807) is 0 Å². The zero-order valence-corrected chi connectivity index (χ0v) is 10.9. The number of rotatable bonds is 3. The summed E-state index contributed by atoms with van der Waals surface area (Å²) in [7, 11) is 0. The molecule has 1 heterocycles. The van der Waals surface area contributed by atoms with Crippen LogP contribution in [0.3, 0.4) is 0 Å². The standard InChI is InChI=1S/C13H18N2O4/c1-8-5-3-2-4-6-9(8)14-12(16)10-7-11(13(17)18)19-15-10/h7-9H,2-6H2,1H3,(H,14,16)(H,17,18). The van der Waals surface area contributed by atoms with Gasteiger partial charge in [-0.15, -0.1) is 0 Å². The monoisotopic (exact) mass is 266 g/mol. The van der Waals surface area contributed by atoms with E-state index in [9.17, 15) is 9.59 Å². The highest BCUT2D eigenvalue weighted by Gasteiger charge is 2.24. The molecule has 0 bridgehead atoms. The molecule has 2 N–H and O–H groups in total.